The van der Waals surface area contributed by atoms with Gasteiger partial charge in [-0.15, -0.1) is 0 Å². The van der Waals surface area contributed by atoms with Gasteiger partial charge in [0.2, 0.25) is 5.62 Å². The summed E-state index contributed by atoms with van der Waals surface area (Å²) in [5, 5.41) is 0. The lowest BCUT2D eigenvalue weighted by atomic mass is 9.90. The molecule has 3 nitrogen and oxygen atoms in total. The molecule has 0 unspecified atom stereocenters. The lowest BCUT2D eigenvalue weighted by molar-refractivity contribution is 0.836. The van der Waals surface area contributed by atoms with Crippen molar-refractivity contribution in [3.63, 3.8) is 0 Å². The maximum atomic E-state index is 5.04. The molecular formula is C26H19N3. The highest BCUT2D eigenvalue weighted by Gasteiger charge is 2.29. The van der Waals surface area contributed by atoms with Gasteiger partial charge in [-0.1, -0.05) is 36.4 Å². The van der Waals surface area contributed by atoms with Crippen LogP contribution in [0.15, 0.2) is 71.9 Å². The van der Waals surface area contributed by atoms with E-state index in [9.17, 15) is 0 Å². The Bertz CT molecular complexity index is 1010. The van der Waals surface area contributed by atoms with Crippen molar-refractivity contribution < 1.29 is 0 Å². The van der Waals surface area contributed by atoms with Crippen molar-refractivity contribution in [3.8, 4) is 5.69 Å². The third-order valence-electron chi connectivity index (χ3n) is 4.87. The van der Waals surface area contributed by atoms with Gasteiger partial charge in [-0.25, -0.2) is 9.98 Å². The van der Waals surface area contributed by atoms with Gasteiger partial charge in [0.15, 0.2) is 0 Å². The molecule has 1 heterocycles. The number of benzene rings is 2. The van der Waals surface area contributed by atoms with E-state index in [0.717, 1.165) is 34.5 Å². The van der Waals surface area contributed by atoms with Crippen molar-refractivity contribution in [2.75, 3.05) is 0 Å². The van der Waals surface area contributed by atoms with Crippen LogP contribution in [0.2, 0.25) is 0 Å². The zero-order valence-corrected chi connectivity index (χ0v) is 15.8. The van der Waals surface area contributed by atoms with E-state index in [4.69, 9.17) is 9.98 Å². The van der Waals surface area contributed by atoms with E-state index >= 15 is 0 Å². The molecule has 138 valence electrons. The molecule has 0 atom stereocenters. The molecule has 29 heavy (non-hydrogen) atoms. The molecule has 0 bridgehead atoms. The standard InChI is InChI=1S/C26H19N3/c1-3-15-22(16-4-1)27-26-28-25(21-13-9-10-14-21)24(20-11-7-8-12-20)19-29(26)23-17-5-2-6-18-23/h1-19H. The minimum absolute atomic E-state index is 0.647. The summed E-state index contributed by atoms with van der Waals surface area (Å²) in [6.45, 7) is 0. The number of hydrogen-bond acceptors (Lipinski definition) is 2. The number of hydrogen-bond donors (Lipinski definition) is 0. The Kier molecular flexibility index (Phi) is 5.29. The van der Waals surface area contributed by atoms with Crippen molar-refractivity contribution in [1.82, 2.24) is 9.55 Å². The van der Waals surface area contributed by atoms with Crippen LogP contribution in [0.3, 0.4) is 0 Å². The van der Waals surface area contributed by atoms with Gasteiger partial charge in [0.1, 0.15) is 0 Å². The normalized spacial score (nSPS) is 18.6. The zero-order chi connectivity index (χ0) is 19.5. The smallest absolute Gasteiger partial charge is 0.234 e. The first kappa shape index (κ1) is 18.4. The molecule has 1 aromatic heterocycles. The highest BCUT2D eigenvalue weighted by Crippen LogP contribution is 2.37. The summed E-state index contributed by atoms with van der Waals surface area (Å²) in [5.74, 6) is 2.23. The molecule has 0 aliphatic heterocycles. The summed E-state index contributed by atoms with van der Waals surface area (Å²) in [4.78, 5) is 9.90. The quantitative estimate of drug-likeness (QED) is 0.657. The summed E-state index contributed by atoms with van der Waals surface area (Å²) in [5.41, 5.74) is 4.56. The fourth-order valence-electron chi connectivity index (χ4n) is 3.45. The Morgan fingerprint density at radius 1 is 0.655 bits per heavy atom. The molecule has 2 saturated carbocycles. The van der Waals surface area contributed by atoms with Crippen LogP contribution in [-0.4, -0.2) is 9.55 Å². The minimum Gasteiger partial charge on any atom is -0.286 e. The van der Waals surface area contributed by atoms with Gasteiger partial charge in [-0.05, 0) is 81.2 Å². The first-order valence-electron chi connectivity index (χ1n) is 9.61. The fraction of sp³-hybridized carbons (Fsp3) is 0. The van der Waals surface area contributed by atoms with E-state index in [-0.39, 0.29) is 0 Å². The molecule has 10 radical (unpaired) electrons. The van der Waals surface area contributed by atoms with Crippen LogP contribution in [-0.2, 0) is 0 Å². The number of para-hydroxylation sites is 2. The van der Waals surface area contributed by atoms with Crippen LogP contribution in [0.25, 0.3) is 5.69 Å². The summed E-state index contributed by atoms with van der Waals surface area (Å²) in [6, 6.07) is 20.2. The third-order valence-corrected chi connectivity index (χ3v) is 4.87. The average molecular weight is 373 g/mol. The van der Waals surface area contributed by atoms with Crippen LogP contribution in [0.4, 0.5) is 5.69 Å². The van der Waals surface area contributed by atoms with Crippen molar-refractivity contribution in [2.45, 2.75) is 0 Å². The molecule has 0 N–H and O–H groups in total. The van der Waals surface area contributed by atoms with E-state index in [1.165, 1.54) is 0 Å². The second-order valence-corrected chi connectivity index (χ2v) is 6.80. The summed E-state index contributed by atoms with van der Waals surface area (Å²) >= 11 is 0. The van der Waals surface area contributed by atoms with E-state index < -0.39 is 0 Å². The monoisotopic (exact) mass is 373 g/mol. The molecule has 2 aliphatic rings. The van der Waals surface area contributed by atoms with Gasteiger partial charge in [0, 0.05) is 23.7 Å². The molecule has 0 spiro atoms. The predicted molar refractivity (Wildman–Crippen MR) is 114 cm³/mol. The van der Waals surface area contributed by atoms with Gasteiger partial charge in [0.25, 0.3) is 0 Å². The second-order valence-electron chi connectivity index (χ2n) is 6.80. The molecule has 3 aromatic rings. The Morgan fingerprint density at radius 3 is 1.90 bits per heavy atom. The Labute approximate surface area is 173 Å². The van der Waals surface area contributed by atoms with E-state index in [2.05, 4.69) is 61.4 Å². The van der Waals surface area contributed by atoms with Gasteiger partial charge >= 0.3 is 0 Å². The van der Waals surface area contributed by atoms with Crippen LogP contribution >= 0.6 is 0 Å². The van der Waals surface area contributed by atoms with E-state index in [1.807, 2.05) is 61.4 Å². The number of rotatable bonds is 4. The molecular weight excluding hydrogens is 354 g/mol. The maximum Gasteiger partial charge on any atom is 0.234 e. The Morgan fingerprint density at radius 2 is 1.24 bits per heavy atom. The van der Waals surface area contributed by atoms with Gasteiger partial charge in [-0.2, -0.15) is 0 Å². The molecule has 0 saturated heterocycles. The molecule has 2 fully saturated rings. The fourth-order valence-corrected chi connectivity index (χ4v) is 3.45. The topological polar surface area (TPSA) is 30.2 Å². The number of nitrogens with zero attached hydrogens (tertiary/aromatic N) is 3. The lowest BCUT2D eigenvalue weighted by Crippen LogP contribution is -2.27. The van der Waals surface area contributed by atoms with Crippen molar-refractivity contribution >= 4 is 5.69 Å². The summed E-state index contributed by atoms with van der Waals surface area (Å²) < 4.78 is 2.06. The van der Waals surface area contributed by atoms with E-state index in [0.29, 0.717) is 5.62 Å². The van der Waals surface area contributed by atoms with Crippen LogP contribution in [0.5, 0.6) is 0 Å². The minimum atomic E-state index is 0.647. The Balaban J connectivity index is 1.73. The number of aromatic nitrogens is 2. The van der Waals surface area contributed by atoms with Crippen LogP contribution in [0, 0.1) is 63.2 Å². The SMILES string of the molecule is [CH]1[CH][CH][C](c2cn(-c3ccccc3)c(=Nc3ccccc3)nc2[C]2[CH][CH][CH][CH]2)[CH]1. The van der Waals surface area contributed by atoms with Crippen LogP contribution < -0.4 is 5.62 Å². The summed E-state index contributed by atoms with van der Waals surface area (Å²) in [7, 11) is 0. The maximum absolute atomic E-state index is 5.04. The highest BCUT2D eigenvalue weighted by atomic mass is 15.1. The first-order valence-corrected chi connectivity index (χ1v) is 9.61. The largest absolute Gasteiger partial charge is 0.286 e. The van der Waals surface area contributed by atoms with Gasteiger partial charge in [0.05, 0.1) is 11.4 Å². The molecule has 0 amide bonds. The molecule has 2 aliphatic carbocycles. The second kappa shape index (κ2) is 8.36. The van der Waals surface area contributed by atoms with Crippen molar-refractivity contribution in [1.29, 1.82) is 0 Å². The summed E-state index contributed by atoms with van der Waals surface area (Å²) in [6.07, 6.45) is 18.7. The third kappa shape index (κ3) is 3.91. The van der Waals surface area contributed by atoms with Gasteiger partial charge < -0.3 is 0 Å². The lowest BCUT2D eigenvalue weighted by Gasteiger charge is -2.20. The van der Waals surface area contributed by atoms with Crippen molar-refractivity contribution in [3.05, 3.63) is 147 Å². The zero-order valence-electron chi connectivity index (χ0n) is 15.8. The Hall–Kier alpha value is -2.68. The first-order chi connectivity index (χ1) is 14.4. The highest BCUT2D eigenvalue weighted by molar-refractivity contribution is 5.59. The average Bonchev–Trinajstić information content (AvgIpc) is 3.49. The van der Waals surface area contributed by atoms with Crippen molar-refractivity contribution in [2.24, 2.45) is 4.99 Å². The van der Waals surface area contributed by atoms with E-state index in [1.54, 1.807) is 0 Å². The molecule has 5 rings (SSSR count). The molecule has 2 aromatic carbocycles. The predicted octanol–water partition coefficient (Wildman–Crippen LogP) is 4.61. The molecule has 3 heteroatoms. The van der Waals surface area contributed by atoms with Crippen LogP contribution in [0.1, 0.15) is 11.3 Å². The van der Waals surface area contributed by atoms with Gasteiger partial charge in [-0.3, -0.25) is 4.57 Å².